The van der Waals surface area contributed by atoms with Crippen molar-refractivity contribution >= 4 is 23.0 Å². The van der Waals surface area contributed by atoms with E-state index in [1.54, 1.807) is 18.5 Å². The van der Waals surface area contributed by atoms with Gasteiger partial charge in [0.1, 0.15) is 0 Å². The van der Waals surface area contributed by atoms with E-state index in [2.05, 4.69) is 45.4 Å². The number of pyridine rings is 2. The molecule has 0 bridgehead atoms. The zero-order valence-corrected chi connectivity index (χ0v) is 17.3. The first-order valence-corrected chi connectivity index (χ1v) is 10.2. The summed E-state index contributed by atoms with van der Waals surface area (Å²) in [4.78, 5) is 22.4. The van der Waals surface area contributed by atoms with E-state index >= 15 is 0 Å². The number of benzene rings is 1. The molecule has 6 heteroatoms. The number of carbonyl (C=O) groups is 1. The highest BCUT2D eigenvalue weighted by Gasteiger charge is 2.22. The van der Waals surface area contributed by atoms with Crippen LogP contribution in [0.4, 0.5) is 17.1 Å². The van der Waals surface area contributed by atoms with Crippen LogP contribution in [0, 0.1) is 0 Å². The largest absolute Gasteiger partial charge is 0.465 e. The van der Waals surface area contributed by atoms with Crippen LogP contribution in [0.3, 0.4) is 0 Å². The number of fused-ring (bicyclic) bond motifs is 1. The SMILES string of the molecule is COC(=O)c1ccncc1NC[C@@H]1CCCc2cc(N(C)c3ccncc3)ccc21. The van der Waals surface area contributed by atoms with E-state index in [9.17, 15) is 4.79 Å². The molecule has 1 aliphatic rings. The van der Waals surface area contributed by atoms with Crippen molar-refractivity contribution in [3.63, 3.8) is 0 Å². The van der Waals surface area contributed by atoms with Crippen LogP contribution in [0.2, 0.25) is 0 Å². The molecule has 0 saturated heterocycles. The summed E-state index contributed by atoms with van der Waals surface area (Å²) in [6, 6.07) is 12.4. The van der Waals surface area contributed by atoms with E-state index < -0.39 is 0 Å². The van der Waals surface area contributed by atoms with E-state index in [-0.39, 0.29) is 5.97 Å². The topological polar surface area (TPSA) is 67.3 Å². The number of rotatable bonds is 6. The molecule has 6 nitrogen and oxygen atoms in total. The molecule has 1 atom stereocenters. The molecule has 30 heavy (non-hydrogen) atoms. The predicted molar refractivity (Wildman–Crippen MR) is 118 cm³/mol. The number of nitrogens with one attached hydrogen (secondary N) is 1. The molecule has 0 spiro atoms. The predicted octanol–water partition coefficient (Wildman–Crippen LogP) is 4.56. The maximum absolute atomic E-state index is 12.0. The normalized spacial score (nSPS) is 15.2. The van der Waals surface area contributed by atoms with Gasteiger partial charge in [-0.25, -0.2) is 4.79 Å². The van der Waals surface area contributed by atoms with E-state index in [0.29, 0.717) is 17.2 Å². The number of anilines is 3. The number of ether oxygens (including phenoxy) is 1. The minimum atomic E-state index is -0.354. The maximum Gasteiger partial charge on any atom is 0.340 e. The fourth-order valence-corrected chi connectivity index (χ4v) is 4.10. The van der Waals surface area contributed by atoms with Crippen LogP contribution in [0.15, 0.2) is 61.2 Å². The number of aromatic nitrogens is 2. The van der Waals surface area contributed by atoms with Crippen molar-refractivity contribution in [3.8, 4) is 0 Å². The lowest BCUT2D eigenvalue weighted by Gasteiger charge is -2.28. The Morgan fingerprint density at radius 3 is 2.73 bits per heavy atom. The molecule has 0 unspecified atom stereocenters. The van der Waals surface area contributed by atoms with Crippen molar-refractivity contribution in [1.82, 2.24) is 9.97 Å². The van der Waals surface area contributed by atoms with Crippen molar-refractivity contribution in [2.24, 2.45) is 0 Å². The Balaban J connectivity index is 1.52. The molecule has 1 N–H and O–H groups in total. The van der Waals surface area contributed by atoms with Gasteiger partial charge in [-0.2, -0.15) is 0 Å². The lowest BCUT2D eigenvalue weighted by molar-refractivity contribution is 0.0601. The first kappa shape index (κ1) is 19.9. The molecule has 0 saturated carbocycles. The van der Waals surface area contributed by atoms with Crippen LogP contribution >= 0.6 is 0 Å². The molecule has 1 aromatic carbocycles. The number of hydrogen-bond acceptors (Lipinski definition) is 6. The third kappa shape index (κ3) is 4.13. The quantitative estimate of drug-likeness (QED) is 0.610. The minimum Gasteiger partial charge on any atom is -0.465 e. The van der Waals surface area contributed by atoms with Crippen LogP contribution in [0.5, 0.6) is 0 Å². The summed E-state index contributed by atoms with van der Waals surface area (Å²) in [5.41, 5.74) is 6.29. The van der Waals surface area contributed by atoms with E-state index in [0.717, 1.165) is 31.5 Å². The van der Waals surface area contributed by atoms with Gasteiger partial charge in [-0.1, -0.05) is 6.07 Å². The third-order valence-electron chi connectivity index (χ3n) is 5.77. The van der Waals surface area contributed by atoms with Gasteiger partial charge < -0.3 is 15.0 Å². The zero-order valence-electron chi connectivity index (χ0n) is 17.3. The van der Waals surface area contributed by atoms with Crippen LogP contribution in [-0.4, -0.2) is 36.6 Å². The van der Waals surface area contributed by atoms with Gasteiger partial charge in [-0.15, -0.1) is 0 Å². The summed E-state index contributed by atoms with van der Waals surface area (Å²) in [6.07, 6.45) is 10.3. The lowest BCUT2D eigenvalue weighted by atomic mass is 9.82. The molecular formula is C24H26N4O2. The molecule has 0 aliphatic heterocycles. The van der Waals surface area contributed by atoms with Gasteiger partial charge in [-0.05, 0) is 60.7 Å². The molecule has 2 aromatic heterocycles. The van der Waals surface area contributed by atoms with E-state index in [4.69, 9.17) is 4.74 Å². The monoisotopic (exact) mass is 402 g/mol. The maximum atomic E-state index is 12.0. The second-order valence-electron chi connectivity index (χ2n) is 7.53. The van der Waals surface area contributed by atoms with Gasteiger partial charge in [0.2, 0.25) is 0 Å². The van der Waals surface area contributed by atoms with E-state index in [1.807, 2.05) is 24.5 Å². The highest BCUT2D eigenvalue weighted by atomic mass is 16.5. The highest BCUT2D eigenvalue weighted by Crippen LogP contribution is 2.35. The Kier molecular flexibility index (Phi) is 5.93. The van der Waals surface area contributed by atoms with Crippen LogP contribution < -0.4 is 10.2 Å². The summed E-state index contributed by atoms with van der Waals surface area (Å²) < 4.78 is 4.88. The molecule has 0 amide bonds. The van der Waals surface area contributed by atoms with Crippen LogP contribution in [0.1, 0.15) is 40.2 Å². The van der Waals surface area contributed by atoms with Crippen LogP contribution in [-0.2, 0) is 11.2 Å². The number of esters is 1. The lowest BCUT2D eigenvalue weighted by Crippen LogP contribution is -2.20. The van der Waals surface area contributed by atoms with Crippen molar-refractivity contribution in [1.29, 1.82) is 0 Å². The van der Waals surface area contributed by atoms with Gasteiger partial charge in [-0.3, -0.25) is 9.97 Å². The minimum absolute atomic E-state index is 0.354. The number of nitrogens with zero attached hydrogens (tertiary/aromatic N) is 3. The molecule has 3 aromatic rings. The number of hydrogen-bond donors (Lipinski definition) is 1. The molecule has 0 radical (unpaired) electrons. The first-order valence-electron chi connectivity index (χ1n) is 10.2. The Hall–Kier alpha value is -3.41. The van der Waals surface area contributed by atoms with Crippen molar-refractivity contribution in [2.45, 2.75) is 25.2 Å². The number of carbonyl (C=O) groups excluding carboxylic acids is 1. The summed E-state index contributed by atoms with van der Waals surface area (Å²) >= 11 is 0. The standard InChI is InChI=1S/C24H26N4O2/c1-28(19-8-11-25-12-9-19)20-6-7-21-17(14-20)4-3-5-18(21)15-27-23-16-26-13-10-22(23)24(29)30-2/h6-14,16,18,27H,3-5,15H2,1-2H3/t18-/m0/s1. The van der Waals surface area contributed by atoms with Gasteiger partial charge in [0.15, 0.2) is 0 Å². The van der Waals surface area contributed by atoms with Crippen molar-refractivity contribution in [3.05, 3.63) is 77.9 Å². The fourth-order valence-electron chi connectivity index (χ4n) is 4.10. The molecular weight excluding hydrogens is 376 g/mol. The summed E-state index contributed by atoms with van der Waals surface area (Å²) in [6.45, 7) is 0.752. The van der Waals surface area contributed by atoms with Gasteiger partial charge >= 0.3 is 5.97 Å². The molecule has 154 valence electrons. The highest BCUT2D eigenvalue weighted by molar-refractivity contribution is 5.95. The summed E-state index contributed by atoms with van der Waals surface area (Å²) in [5.74, 6) is 0.0347. The Labute approximate surface area is 176 Å². The molecule has 4 rings (SSSR count). The Morgan fingerprint density at radius 2 is 1.93 bits per heavy atom. The van der Waals surface area contributed by atoms with Crippen molar-refractivity contribution in [2.75, 3.05) is 30.9 Å². The Morgan fingerprint density at radius 1 is 1.13 bits per heavy atom. The van der Waals surface area contributed by atoms with E-state index in [1.165, 1.54) is 23.9 Å². The summed E-state index contributed by atoms with van der Waals surface area (Å²) in [7, 11) is 3.47. The van der Waals surface area contributed by atoms with Gasteiger partial charge in [0.05, 0.1) is 24.6 Å². The van der Waals surface area contributed by atoms with Gasteiger partial charge in [0, 0.05) is 49.5 Å². The van der Waals surface area contributed by atoms with Crippen molar-refractivity contribution < 1.29 is 9.53 Å². The van der Waals surface area contributed by atoms with Crippen LogP contribution in [0.25, 0.3) is 0 Å². The fraction of sp³-hybridized carbons (Fsp3) is 0.292. The average molecular weight is 402 g/mol. The number of aryl methyl sites for hydroxylation is 1. The second kappa shape index (κ2) is 8.95. The summed E-state index contributed by atoms with van der Waals surface area (Å²) in [5, 5.41) is 3.42. The van der Waals surface area contributed by atoms with Gasteiger partial charge in [0.25, 0.3) is 0 Å². The third-order valence-corrected chi connectivity index (χ3v) is 5.77. The first-order chi connectivity index (χ1) is 14.7. The zero-order chi connectivity index (χ0) is 20.9. The number of methoxy groups -OCH3 is 1. The Bertz CT molecular complexity index is 1020. The molecule has 1 aliphatic carbocycles. The smallest absolute Gasteiger partial charge is 0.340 e. The molecule has 0 fully saturated rings. The molecule has 2 heterocycles. The average Bonchev–Trinajstić information content (AvgIpc) is 2.82. The second-order valence-corrected chi connectivity index (χ2v) is 7.53.